The molecular formula is C44H70Cl2SiZr. The zero-order valence-electron chi connectivity index (χ0n) is 32.8. The van der Waals surface area contributed by atoms with E-state index < -0.39 is 28.9 Å². The van der Waals surface area contributed by atoms with Gasteiger partial charge in [0.2, 0.25) is 0 Å². The monoisotopic (exact) mass is 786 g/mol. The van der Waals surface area contributed by atoms with Crippen LogP contribution in [0.1, 0.15) is 141 Å². The molecule has 48 heavy (non-hydrogen) atoms. The Labute approximate surface area is 318 Å². The van der Waals surface area contributed by atoms with Gasteiger partial charge in [-0.2, -0.15) is 0 Å². The Morgan fingerprint density at radius 3 is 1.17 bits per heavy atom. The Morgan fingerprint density at radius 1 is 0.562 bits per heavy atom. The van der Waals surface area contributed by atoms with E-state index in [4.69, 9.17) is 17.0 Å². The molecule has 0 bridgehead atoms. The van der Waals surface area contributed by atoms with E-state index >= 15 is 0 Å². The molecule has 0 aliphatic heterocycles. The van der Waals surface area contributed by atoms with Crippen molar-refractivity contribution in [2.75, 3.05) is 0 Å². The van der Waals surface area contributed by atoms with Gasteiger partial charge in [-0.05, 0) is 117 Å². The van der Waals surface area contributed by atoms with Crippen molar-refractivity contribution in [3.8, 4) is 0 Å². The third-order valence-electron chi connectivity index (χ3n) is 13.8. The van der Waals surface area contributed by atoms with E-state index in [9.17, 15) is 0 Å². The predicted octanol–water partition coefficient (Wildman–Crippen LogP) is 14.8. The summed E-state index contributed by atoms with van der Waals surface area (Å²) in [5.74, 6) is 7.13. The summed E-state index contributed by atoms with van der Waals surface area (Å²) in [4.78, 5) is 0. The standard InChI is InChI=1S/C42H64Si.2CH3.2ClH.Zr/c1-27-25-37-33(29-17-21-31(22-18-29)41(3,4)5)13-11-15-35(37)39(27)43(9,10)40-28(2)26-38-34(14-12-16-36(38)40)30-19-23-32(24-20-30)42(6,7)8;;;;;/h17-24,27-28,33-40H,11-16,25-26H2,1-10H3;2*1H3;2*1H;/q;2*-1;;;+4/p-2. The van der Waals surface area contributed by atoms with E-state index in [0.29, 0.717) is 0 Å². The van der Waals surface area contributed by atoms with Crippen molar-refractivity contribution in [3.63, 3.8) is 0 Å². The zero-order chi connectivity index (χ0) is 33.6. The van der Waals surface area contributed by atoms with Gasteiger partial charge in [0.05, 0.1) is 8.07 Å². The van der Waals surface area contributed by atoms with Gasteiger partial charge >= 0.3 is 37.9 Å². The molecule has 4 heteroatoms. The van der Waals surface area contributed by atoms with Crippen LogP contribution in [0.25, 0.3) is 0 Å². The molecule has 0 N–H and O–H groups in total. The summed E-state index contributed by atoms with van der Waals surface area (Å²) < 4.78 is 0. The second-order valence-electron chi connectivity index (χ2n) is 18.8. The Hall–Kier alpha value is 0.120. The van der Waals surface area contributed by atoms with Crippen LogP contribution < -0.4 is 0 Å². The van der Waals surface area contributed by atoms with Gasteiger partial charge in [0.15, 0.2) is 0 Å². The molecule has 0 heterocycles. The molecule has 4 aliphatic rings. The molecule has 6 rings (SSSR count). The summed E-state index contributed by atoms with van der Waals surface area (Å²) in [7, 11) is 8.36. The van der Waals surface area contributed by atoms with Crippen LogP contribution in [0.4, 0.5) is 0 Å². The van der Waals surface area contributed by atoms with Gasteiger partial charge in [0.25, 0.3) is 0 Å². The molecule has 2 aromatic carbocycles. The number of rotatable bonds is 4. The molecule has 10 atom stereocenters. The zero-order valence-corrected chi connectivity index (χ0v) is 37.8. The van der Waals surface area contributed by atoms with Crippen LogP contribution in [0, 0.1) is 50.4 Å². The summed E-state index contributed by atoms with van der Waals surface area (Å²) in [6.07, 6.45) is 11.7. The fraction of sp³-hybridized carbons (Fsp3) is 0.682. The molecule has 0 aromatic heterocycles. The van der Waals surface area contributed by atoms with Crippen molar-refractivity contribution in [2.24, 2.45) is 35.5 Å². The molecule has 10 unspecified atom stereocenters. The number of hydrogen-bond acceptors (Lipinski definition) is 0. The van der Waals surface area contributed by atoms with Gasteiger partial charge in [-0.25, -0.2) is 0 Å². The Bertz CT molecular complexity index is 1180. The molecular weight excluding hydrogens is 719 g/mol. The van der Waals surface area contributed by atoms with Crippen LogP contribution in [0.2, 0.25) is 24.2 Å². The van der Waals surface area contributed by atoms with Gasteiger partial charge in [0.1, 0.15) is 0 Å². The van der Waals surface area contributed by atoms with Crippen molar-refractivity contribution in [1.29, 1.82) is 0 Å². The average molecular weight is 789 g/mol. The summed E-state index contributed by atoms with van der Waals surface area (Å²) >= 11 is -0.826. The van der Waals surface area contributed by atoms with Crippen LogP contribution in [-0.2, 0) is 31.7 Å². The maximum absolute atomic E-state index is 4.93. The van der Waals surface area contributed by atoms with Crippen LogP contribution in [0.15, 0.2) is 48.5 Å². The molecule has 0 radical (unpaired) electrons. The van der Waals surface area contributed by atoms with E-state index in [0.717, 1.165) is 58.4 Å². The van der Waals surface area contributed by atoms with E-state index in [-0.39, 0.29) is 25.7 Å². The second kappa shape index (κ2) is 16.9. The van der Waals surface area contributed by atoms with Gasteiger partial charge in [0, 0.05) is 0 Å². The van der Waals surface area contributed by atoms with E-state index in [1.165, 1.54) is 62.5 Å². The predicted molar refractivity (Wildman–Crippen MR) is 215 cm³/mol. The molecule has 4 fully saturated rings. The third-order valence-corrected chi connectivity index (χ3v) is 19.2. The van der Waals surface area contributed by atoms with Crippen LogP contribution in [0.3, 0.4) is 0 Å². The molecule has 0 nitrogen and oxygen atoms in total. The normalized spacial score (nSPS) is 33.2. The Morgan fingerprint density at radius 2 is 0.875 bits per heavy atom. The molecule has 0 amide bonds. The number of hydrogen-bond donors (Lipinski definition) is 0. The fourth-order valence-corrected chi connectivity index (χ4v) is 18.9. The van der Waals surface area contributed by atoms with Gasteiger partial charge in [-0.1, -0.05) is 143 Å². The molecule has 0 spiro atoms. The first-order chi connectivity index (χ1) is 21.6. The summed E-state index contributed by atoms with van der Waals surface area (Å²) in [5, 5.41) is 0. The minimum absolute atomic E-state index is 0. The van der Waals surface area contributed by atoms with Crippen LogP contribution in [0.5, 0.6) is 0 Å². The summed E-state index contributed by atoms with van der Waals surface area (Å²) in [6, 6.07) is 19.9. The topological polar surface area (TPSA) is 0 Å². The number of benzene rings is 2. The SMILES string of the molecule is CC1CC2C(c3ccc(C(C)(C)C)cc3)CCCC2C1[Si](C)(C)C1C(C)CC2C(c3ccc(C(C)(C)C)cc3)CCCC21.[CH3-].[CH3-].[Cl][Zr+2][Cl]. The van der Waals surface area contributed by atoms with Crippen molar-refractivity contribution in [1.82, 2.24) is 0 Å². The van der Waals surface area contributed by atoms with E-state index in [2.05, 4.69) is 117 Å². The second-order valence-corrected chi connectivity index (χ2v) is 27.6. The quantitative estimate of drug-likeness (QED) is 0.214. The van der Waals surface area contributed by atoms with E-state index in [1.807, 2.05) is 0 Å². The first kappa shape index (κ1) is 42.5. The van der Waals surface area contributed by atoms with Gasteiger partial charge in [-0.15, -0.1) is 0 Å². The van der Waals surface area contributed by atoms with Crippen molar-refractivity contribution in [2.45, 2.75) is 154 Å². The summed E-state index contributed by atoms with van der Waals surface area (Å²) in [6.45, 7) is 25.2. The van der Waals surface area contributed by atoms with Crippen LogP contribution in [-0.4, -0.2) is 8.07 Å². The van der Waals surface area contributed by atoms with Gasteiger partial charge in [-0.3, -0.25) is 0 Å². The fourth-order valence-electron chi connectivity index (χ4n) is 12.2. The van der Waals surface area contributed by atoms with Crippen molar-refractivity contribution in [3.05, 3.63) is 85.6 Å². The van der Waals surface area contributed by atoms with Crippen LogP contribution >= 0.6 is 17.0 Å². The van der Waals surface area contributed by atoms with Gasteiger partial charge < -0.3 is 14.9 Å². The first-order valence-electron chi connectivity index (χ1n) is 18.8. The average Bonchev–Trinajstić information content (AvgIpc) is 3.53. The molecule has 268 valence electrons. The van der Waals surface area contributed by atoms with Crippen molar-refractivity contribution < 1.29 is 20.8 Å². The summed E-state index contributed by atoms with van der Waals surface area (Å²) in [5.41, 5.74) is 8.75. The third kappa shape index (κ3) is 8.66. The molecule has 4 aliphatic carbocycles. The number of fused-ring (bicyclic) bond motifs is 2. The Balaban J connectivity index is 0.00000121. The first-order valence-corrected chi connectivity index (χ1v) is 28.2. The Kier molecular flexibility index (Phi) is 14.9. The number of halogens is 2. The molecule has 0 saturated heterocycles. The maximum atomic E-state index is 4.93. The van der Waals surface area contributed by atoms with E-state index in [1.54, 1.807) is 11.1 Å². The minimum atomic E-state index is -1.51. The molecule has 2 aromatic rings. The molecule has 4 saturated carbocycles. The van der Waals surface area contributed by atoms with Crippen molar-refractivity contribution >= 4 is 25.1 Å².